The molecule has 0 aliphatic carbocycles. The molecule has 0 bridgehead atoms. The van der Waals surface area contributed by atoms with Crippen LogP contribution < -0.4 is 20.3 Å². The number of hydrogen-bond donors (Lipinski definition) is 2. The maximum absolute atomic E-state index is 12.1. The smallest absolute Gasteiger partial charge is 0.250 e. The lowest BCUT2D eigenvalue weighted by Crippen LogP contribution is -2.29. The Morgan fingerprint density at radius 2 is 1.90 bits per heavy atom. The summed E-state index contributed by atoms with van der Waals surface area (Å²) < 4.78 is 12.6. The van der Waals surface area contributed by atoms with E-state index in [0.29, 0.717) is 15.8 Å². The van der Waals surface area contributed by atoms with Gasteiger partial charge >= 0.3 is 0 Å². The fraction of sp³-hybridized carbons (Fsp3) is 0.233. The second kappa shape index (κ2) is 11.7. The number of nitrogens with zero attached hydrogens (tertiary/aromatic N) is 3. The number of thiocarbonyl (C=S) groups is 1. The van der Waals surface area contributed by atoms with Crippen LogP contribution in [0, 0.1) is 13.8 Å². The Labute approximate surface area is 243 Å². The highest BCUT2D eigenvalue weighted by atomic mass is 35.5. The van der Waals surface area contributed by atoms with E-state index in [4.69, 9.17) is 33.3 Å². The van der Waals surface area contributed by atoms with Crippen LogP contribution in [0.4, 0.5) is 11.4 Å². The van der Waals surface area contributed by atoms with Gasteiger partial charge in [-0.05, 0) is 80.2 Å². The number of nitrogens with one attached hydrogen (secondary N) is 2. The number of carbonyl (C=O) groups excluding carboxylic acids is 1. The molecule has 2 aromatic heterocycles. The Morgan fingerprint density at radius 1 is 1.07 bits per heavy atom. The molecular formula is C30H30ClN5O3S. The van der Waals surface area contributed by atoms with Crippen LogP contribution in [0.5, 0.6) is 5.75 Å². The first-order valence-electron chi connectivity index (χ1n) is 12.7. The Hall–Kier alpha value is -3.92. The van der Waals surface area contributed by atoms with Crippen molar-refractivity contribution in [2.75, 3.05) is 31.0 Å². The lowest BCUT2D eigenvalue weighted by molar-refractivity contribution is -0.119. The van der Waals surface area contributed by atoms with Crippen LogP contribution >= 0.6 is 23.8 Å². The third-order valence-corrected chi connectivity index (χ3v) is 7.61. The van der Waals surface area contributed by atoms with Gasteiger partial charge < -0.3 is 29.6 Å². The molecule has 40 heavy (non-hydrogen) atoms. The Balaban J connectivity index is 1.61. The second-order valence-electron chi connectivity index (χ2n) is 9.51. The summed E-state index contributed by atoms with van der Waals surface area (Å²) in [6.45, 7) is 4.14. The minimum absolute atomic E-state index is 0.0606. The number of carbonyl (C=O) groups is 1. The summed E-state index contributed by atoms with van der Waals surface area (Å²) in [5.41, 5.74) is 6.42. The number of halogens is 1. The van der Waals surface area contributed by atoms with Crippen molar-refractivity contribution >= 4 is 46.2 Å². The van der Waals surface area contributed by atoms with Crippen LogP contribution in [0.3, 0.4) is 0 Å². The summed E-state index contributed by atoms with van der Waals surface area (Å²) in [4.78, 5) is 18.8. The summed E-state index contributed by atoms with van der Waals surface area (Å²) in [6, 6.07) is 21.1. The number of ether oxygens (including phenoxy) is 2. The number of pyridine rings is 1. The van der Waals surface area contributed by atoms with Gasteiger partial charge in [-0.15, -0.1) is 0 Å². The fourth-order valence-electron chi connectivity index (χ4n) is 5.26. The summed E-state index contributed by atoms with van der Waals surface area (Å²) in [7, 11) is 3.13. The van der Waals surface area contributed by atoms with E-state index in [0.717, 1.165) is 39.8 Å². The van der Waals surface area contributed by atoms with Crippen molar-refractivity contribution in [2.24, 2.45) is 0 Å². The zero-order valence-corrected chi connectivity index (χ0v) is 24.2. The predicted octanol–water partition coefficient (Wildman–Crippen LogP) is 5.91. The number of aromatic nitrogens is 2. The van der Waals surface area contributed by atoms with Crippen molar-refractivity contribution in [3.63, 3.8) is 0 Å². The standard InChI is InChI=1S/C30H30ClN5O3S/c1-18-14-23(19(2)35(18)20-8-7-9-22(15-20)39-4)29-28(26-10-5-6-13-32-26)34-30(40)36(29)21-11-12-25(24(31)16-21)33-27(37)17-38-3/h5-16,28-29H,17H2,1-4H3,(H,33,37)(H,34,40)/t28-,29-/m1/s1. The molecule has 0 unspecified atom stereocenters. The minimum Gasteiger partial charge on any atom is -0.497 e. The average Bonchev–Trinajstić information content (AvgIpc) is 3.45. The molecule has 1 aliphatic heterocycles. The van der Waals surface area contributed by atoms with E-state index in [1.54, 1.807) is 19.4 Å². The molecule has 4 aromatic rings. The summed E-state index contributed by atoms with van der Waals surface area (Å²) in [5, 5.41) is 7.23. The van der Waals surface area contributed by atoms with Crippen molar-refractivity contribution in [1.82, 2.24) is 14.9 Å². The van der Waals surface area contributed by atoms with E-state index in [1.807, 2.05) is 48.5 Å². The highest BCUT2D eigenvalue weighted by molar-refractivity contribution is 7.80. The van der Waals surface area contributed by atoms with Crippen LogP contribution in [0.15, 0.2) is 72.9 Å². The molecule has 1 saturated heterocycles. The number of aryl methyl sites for hydroxylation is 1. The maximum Gasteiger partial charge on any atom is 0.250 e. The molecule has 206 valence electrons. The minimum atomic E-state index is -0.284. The fourth-order valence-corrected chi connectivity index (χ4v) is 5.82. The Morgan fingerprint density at radius 3 is 2.60 bits per heavy atom. The van der Waals surface area contributed by atoms with Gasteiger partial charge in [0.25, 0.3) is 0 Å². The van der Waals surface area contributed by atoms with Crippen molar-refractivity contribution in [3.05, 3.63) is 101 Å². The van der Waals surface area contributed by atoms with E-state index < -0.39 is 0 Å². The van der Waals surface area contributed by atoms with Crippen LogP contribution in [-0.2, 0) is 9.53 Å². The van der Waals surface area contributed by atoms with Crippen molar-refractivity contribution in [2.45, 2.75) is 25.9 Å². The van der Waals surface area contributed by atoms with Gasteiger partial charge in [-0.1, -0.05) is 23.7 Å². The largest absolute Gasteiger partial charge is 0.497 e. The summed E-state index contributed by atoms with van der Waals surface area (Å²) >= 11 is 12.5. The number of hydrogen-bond acceptors (Lipinski definition) is 5. The van der Waals surface area contributed by atoms with Crippen LogP contribution in [-0.4, -0.2) is 41.4 Å². The van der Waals surface area contributed by atoms with Gasteiger partial charge in [0.05, 0.1) is 35.6 Å². The molecule has 1 amide bonds. The van der Waals surface area contributed by atoms with Crippen molar-refractivity contribution < 1.29 is 14.3 Å². The van der Waals surface area contributed by atoms with Gasteiger partial charge in [0.15, 0.2) is 5.11 Å². The lowest BCUT2D eigenvalue weighted by atomic mass is 9.96. The lowest BCUT2D eigenvalue weighted by Gasteiger charge is -2.28. The van der Waals surface area contributed by atoms with E-state index in [-0.39, 0.29) is 24.6 Å². The van der Waals surface area contributed by atoms with Crippen LogP contribution in [0.1, 0.15) is 34.7 Å². The topological polar surface area (TPSA) is 80.7 Å². The third kappa shape index (κ3) is 5.28. The molecule has 0 spiro atoms. The predicted molar refractivity (Wildman–Crippen MR) is 162 cm³/mol. The SMILES string of the molecule is COCC(=O)Nc1ccc(N2C(=S)N[C@H](c3ccccn3)[C@H]2c2cc(C)n(-c3cccc(OC)c3)c2C)cc1Cl. The molecule has 5 rings (SSSR count). The summed E-state index contributed by atoms with van der Waals surface area (Å²) in [5.74, 6) is 0.504. The number of anilines is 2. The van der Waals surface area contributed by atoms with Crippen LogP contribution in [0.2, 0.25) is 5.02 Å². The number of amides is 1. The van der Waals surface area contributed by atoms with E-state index in [9.17, 15) is 4.79 Å². The Kier molecular flexibility index (Phi) is 8.07. The van der Waals surface area contributed by atoms with Gasteiger partial charge in [0.1, 0.15) is 12.4 Å². The van der Waals surface area contributed by atoms with Gasteiger partial charge in [-0.2, -0.15) is 0 Å². The van der Waals surface area contributed by atoms with Gasteiger partial charge in [-0.3, -0.25) is 9.78 Å². The molecule has 0 radical (unpaired) electrons. The quantitative estimate of drug-likeness (QED) is 0.253. The molecule has 2 N–H and O–H groups in total. The monoisotopic (exact) mass is 575 g/mol. The molecule has 3 heterocycles. The first kappa shape index (κ1) is 27.6. The van der Waals surface area contributed by atoms with Crippen molar-refractivity contribution in [1.29, 1.82) is 0 Å². The Bertz CT molecular complexity index is 1560. The van der Waals surface area contributed by atoms with Gasteiger partial charge in [0.2, 0.25) is 5.91 Å². The molecule has 2 aromatic carbocycles. The number of rotatable bonds is 8. The van der Waals surface area contributed by atoms with Gasteiger partial charge in [0, 0.05) is 42.1 Å². The zero-order chi connectivity index (χ0) is 28.4. The number of methoxy groups -OCH3 is 2. The molecular weight excluding hydrogens is 546 g/mol. The van der Waals surface area contributed by atoms with Gasteiger partial charge in [-0.25, -0.2) is 0 Å². The van der Waals surface area contributed by atoms with Crippen LogP contribution in [0.25, 0.3) is 5.69 Å². The molecule has 1 aliphatic rings. The van der Waals surface area contributed by atoms with Crippen molar-refractivity contribution in [3.8, 4) is 11.4 Å². The normalized spacial score (nSPS) is 16.6. The molecule has 8 nitrogen and oxygen atoms in total. The third-order valence-electron chi connectivity index (χ3n) is 6.98. The molecule has 0 saturated carbocycles. The average molecular weight is 576 g/mol. The molecule has 10 heteroatoms. The highest BCUT2D eigenvalue weighted by Crippen LogP contribution is 2.44. The first-order chi connectivity index (χ1) is 19.3. The first-order valence-corrected chi connectivity index (χ1v) is 13.5. The van der Waals surface area contributed by atoms with E-state index in [1.165, 1.54) is 7.11 Å². The summed E-state index contributed by atoms with van der Waals surface area (Å²) in [6.07, 6.45) is 1.79. The zero-order valence-electron chi connectivity index (χ0n) is 22.6. The second-order valence-corrected chi connectivity index (χ2v) is 10.3. The highest BCUT2D eigenvalue weighted by Gasteiger charge is 2.42. The number of benzene rings is 2. The maximum atomic E-state index is 12.1. The van der Waals surface area contributed by atoms with E-state index in [2.05, 4.69) is 51.1 Å². The molecule has 2 atom stereocenters. The molecule has 1 fully saturated rings. The van der Waals surface area contributed by atoms with E-state index >= 15 is 0 Å².